The number of halogens is 2. The quantitative estimate of drug-likeness (QED) is 0.554. The molecule has 1 aromatic carbocycles. The molecule has 2 N–H and O–H groups in total. The Labute approximate surface area is 201 Å². The summed E-state index contributed by atoms with van der Waals surface area (Å²) < 4.78 is 18.9. The molecule has 0 atom stereocenters. The second-order valence-electron chi connectivity index (χ2n) is 8.67. The van der Waals surface area contributed by atoms with Crippen LogP contribution < -0.4 is 10.6 Å². The predicted molar refractivity (Wildman–Crippen MR) is 129 cm³/mol. The van der Waals surface area contributed by atoms with Crippen LogP contribution in [0.4, 0.5) is 21.7 Å². The van der Waals surface area contributed by atoms with Gasteiger partial charge in [-0.3, -0.25) is 4.79 Å². The van der Waals surface area contributed by atoms with Crippen molar-refractivity contribution in [1.82, 2.24) is 19.9 Å². The fourth-order valence-corrected chi connectivity index (χ4v) is 4.74. The SMILES string of the molecule is O=C(C1CCC(Nc2ccc3ncnc(Nc4ccc(F)c(Cl)c4)c3n2)CC1)N1CCOCC1. The van der Waals surface area contributed by atoms with Crippen molar-refractivity contribution in [3.8, 4) is 0 Å². The Balaban J connectivity index is 1.25. The molecule has 0 spiro atoms. The van der Waals surface area contributed by atoms with E-state index in [0.29, 0.717) is 48.8 Å². The van der Waals surface area contributed by atoms with E-state index < -0.39 is 5.82 Å². The predicted octanol–water partition coefficient (Wildman–Crippen LogP) is 4.39. The largest absolute Gasteiger partial charge is 0.378 e. The first kappa shape index (κ1) is 22.7. The number of pyridine rings is 1. The Morgan fingerprint density at radius 2 is 1.88 bits per heavy atom. The van der Waals surface area contributed by atoms with Gasteiger partial charge in [-0.25, -0.2) is 19.3 Å². The van der Waals surface area contributed by atoms with Crippen LogP contribution in [-0.4, -0.2) is 58.1 Å². The number of carbonyl (C=O) groups is 1. The number of morpholine rings is 1. The first-order valence-corrected chi connectivity index (χ1v) is 11.9. The molecule has 5 rings (SSSR count). The number of rotatable bonds is 5. The number of nitrogens with zero attached hydrogens (tertiary/aromatic N) is 4. The number of aromatic nitrogens is 3. The zero-order valence-electron chi connectivity index (χ0n) is 18.6. The van der Waals surface area contributed by atoms with Crippen LogP contribution in [0.15, 0.2) is 36.7 Å². The van der Waals surface area contributed by atoms with Crippen molar-refractivity contribution in [3.05, 3.63) is 47.5 Å². The molecule has 1 saturated carbocycles. The van der Waals surface area contributed by atoms with Crippen molar-refractivity contribution in [2.24, 2.45) is 5.92 Å². The van der Waals surface area contributed by atoms with Gasteiger partial charge in [0.25, 0.3) is 0 Å². The van der Waals surface area contributed by atoms with Crippen LogP contribution in [0.3, 0.4) is 0 Å². The summed E-state index contributed by atoms with van der Waals surface area (Å²) in [6, 6.07) is 8.43. The molecule has 1 aliphatic carbocycles. The van der Waals surface area contributed by atoms with E-state index in [4.69, 9.17) is 21.3 Å². The third kappa shape index (κ3) is 5.05. The summed E-state index contributed by atoms with van der Waals surface area (Å²) in [6.45, 7) is 2.65. The fourth-order valence-electron chi connectivity index (χ4n) is 4.56. The van der Waals surface area contributed by atoms with Crippen molar-refractivity contribution < 1.29 is 13.9 Å². The topological polar surface area (TPSA) is 92.3 Å². The van der Waals surface area contributed by atoms with Gasteiger partial charge in [0, 0.05) is 30.7 Å². The van der Waals surface area contributed by atoms with E-state index in [2.05, 4.69) is 20.6 Å². The molecular formula is C24H26ClFN6O2. The molecule has 0 bridgehead atoms. The molecule has 34 heavy (non-hydrogen) atoms. The van der Waals surface area contributed by atoms with Gasteiger partial charge in [-0.05, 0) is 56.0 Å². The number of anilines is 3. The number of ether oxygens (including phenoxy) is 1. The minimum Gasteiger partial charge on any atom is -0.378 e. The van der Waals surface area contributed by atoms with E-state index in [1.54, 1.807) is 6.07 Å². The van der Waals surface area contributed by atoms with Crippen molar-refractivity contribution in [1.29, 1.82) is 0 Å². The molecule has 2 aromatic heterocycles. The number of nitrogens with one attached hydrogen (secondary N) is 2. The summed E-state index contributed by atoms with van der Waals surface area (Å²) >= 11 is 5.90. The first-order valence-electron chi connectivity index (χ1n) is 11.5. The molecule has 0 unspecified atom stereocenters. The van der Waals surface area contributed by atoms with E-state index in [1.807, 2.05) is 17.0 Å². The van der Waals surface area contributed by atoms with Gasteiger partial charge >= 0.3 is 0 Å². The number of carbonyl (C=O) groups excluding carboxylic acids is 1. The van der Waals surface area contributed by atoms with E-state index in [-0.39, 0.29) is 22.9 Å². The van der Waals surface area contributed by atoms with Crippen LogP contribution in [0.1, 0.15) is 25.7 Å². The monoisotopic (exact) mass is 484 g/mol. The minimum atomic E-state index is -0.481. The summed E-state index contributed by atoms with van der Waals surface area (Å²) in [5.41, 5.74) is 1.90. The molecule has 178 valence electrons. The number of amides is 1. The zero-order valence-corrected chi connectivity index (χ0v) is 19.4. The number of benzene rings is 1. The molecule has 0 radical (unpaired) electrons. The highest BCUT2D eigenvalue weighted by Gasteiger charge is 2.30. The highest BCUT2D eigenvalue weighted by Crippen LogP contribution is 2.30. The average molecular weight is 485 g/mol. The number of fused-ring (bicyclic) bond motifs is 1. The van der Waals surface area contributed by atoms with Gasteiger partial charge in [0.1, 0.15) is 23.5 Å². The van der Waals surface area contributed by atoms with Crippen LogP contribution in [0.2, 0.25) is 5.02 Å². The summed E-state index contributed by atoms with van der Waals surface area (Å²) in [5, 5.41) is 6.69. The van der Waals surface area contributed by atoms with Crippen LogP contribution in [0.25, 0.3) is 11.0 Å². The van der Waals surface area contributed by atoms with E-state index in [9.17, 15) is 9.18 Å². The van der Waals surface area contributed by atoms with Crippen LogP contribution in [-0.2, 0) is 9.53 Å². The molecule has 1 saturated heterocycles. The van der Waals surface area contributed by atoms with E-state index in [0.717, 1.165) is 31.5 Å². The maximum Gasteiger partial charge on any atom is 0.225 e. The summed E-state index contributed by atoms with van der Waals surface area (Å²) in [5.74, 6) is 1.11. The zero-order chi connectivity index (χ0) is 23.5. The van der Waals surface area contributed by atoms with Crippen molar-refractivity contribution in [2.45, 2.75) is 31.7 Å². The van der Waals surface area contributed by atoms with Crippen molar-refractivity contribution in [2.75, 3.05) is 36.9 Å². The molecule has 2 aliphatic rings. The Hall–Kier alpha value is -3.04. The average Bonchev–Trinajstić information content (AvgIpc) is 2.87. The summed E-state index contributed by atoms with van der Waals surface area (Å²) in [6.07, 6.45) is 5.00. The first-order chi connectivity index (χ1) is 16.6. The van der Waals surface area contributed by atoms with Gasteiger partial charge in [0.15, 0.2) is 5.82 Å². The van der Waals surface area contributed by atoms with Crippen LogP contribution >= 0.6 is 11.6 Å². The Bertz CT molecular complexity index is 1180. The summed E-state index contributed by atoms with van der Waals surface area (Å²) in [4.78, 5) is 28.1. The van der Waals surface area contributed by atoms with Gasteiger partial charge in [-0.15, -0.1) is 0 Å². The van der Waals surface area contributed by atoms with Gasteiger partial charge < -0.3 is 20.3 Å². The highest BCUT2D eigenvalue weighted by molar-refractivity contribution is 6.31. The second kappa shape index (κ2) is 10.1. The Kier molecular flexibility index (Phi) is 6.73. The number of hydrogen-bond donors (Lipinski definition) is 2. The highest BCUT2D eigenvalue weighted by atomic mass is 35.5. The third-order valence-corrected chi connectivity index (χ3v) is 6.71. The maximum atomic E-state index is 13.5. The lowest BCUT2D eigenvalue weighted by Crippen LogP contribution is -2.45. The van der Waals surface area contributed by atoms with Crippen LogP contribution in [0.5, 0.6) is 0 Å². The third-order valence-electron chi connectivity index (χ3n) is 6.42. The van der Waals surface area contributed by atoms with Crippen molar-refractivity contribution >= 4 is 45.9 Å². The molecule has 3 heterocycles. The molecule has 2 fully saturated rings. The molecular weight excluding hydrogens is 459 g/mol. The standard InChI is InChI=1S/C24H26ClFN6O2/c25-18-13-17(5-6-19(18)26)30-23-22-20(27-14-28-23)7-8-21(31-22)29-16-3-1-15(2-4-16)24(33)32-9-11-34-12-10-32/h5-8,13-16H,1-4,9-12H2,(H,29,31)(H,27,28,30). The molecule has 8 nitrogen and oxygen atoms in total. The smallest absolute Gasteiger partial charge is 0.225 e. The molecule has 3 aromatic rings. The number of hydrogen-bond acceptors (Lipinski definition) is 7. The lowest BCUT2D eigenvalue weighted by Gasteiger charge is -2.34. The van der Waals surface area contributed by atoms with Crippen LogP contribution in [0, 0.1) is 11.7 Å². The molecule has 1 aliphatic heterocycles. The Morgan fingerprint density at radius 1 is 1.09 bits per heavy atom. The van der Waals surface area contributed by atoms with E-state index in [1.165, 1.54) is 18.5 Å². The molecule has 10 heteroatoms. The van der Waals surface area contributed by atoms with Crippen molar-refractivity contribution in [3.63, 3.8) is 0 Å². The molecule has 1 amide bonds. The second-order valence-corrected chi connectivity index (χ2v) is 9.08. The van der Waals surface area contributed by atoms with E-state index >= 15 is 0 Å². The maximum absolute atomic E-state index is 13.5. The summed E-state index contributed by atoms with van der Waals surface area (Å²) in [7, 11) is 0. The minimum absolute atomic E-state index is 0.0291. The lowest BCUT2D eigenvalue weighted by molar-refractivity contribution is -0.140. The van der Waals surface area contributed by atoms with Gasteiger partial charge in [0.05, 0.1) is 23.8 Å². The normalized spacial score (nSPS) is 20.8. The van der Waals surface area contributed by atoms with Gasteiger partial charge in [-0.2, -0.15) is 0 Å². The fraction of sp³-hybridized carbons (Fsp3) is 0.417. The van der Waals surface area contributed by atoms with Gasteiger partial charge in [0.2, 0.25) is 5.91 Å². The van der Waals surface area contributed by atoms with Gasteiger partial charge in [-0.1, -0.05) is 11.6 Å². The Morgan fingerprint density at radius 3 is 2.65 bits per heavy atom. The lowest BCUT2D eigenvalue weighted by atomic mass is 9.85.